The number of hydrogen-bond donors (Lipinski definition) is 1. The van der Waals surface area contributed by atoms with E-state index in [0.29, 0.717) is 18.2 Å². The van der Waals surface area contributed by atoms with Gasteiger partial charge in [0.25, 0.3) is 0 Å². The fourth-order valence-corrected chi connectivity index (χ4v) is 5.39. The molecule has 0 saturated carbocycles. The van der Waals surface area contributed by atoms with E-state index >= 15 is 0 Å². The van der Waals surface area contributed by atoms with Crippen LogP contribution in [0.4, 0.5) is 4.39 Å². The van der Waals surface area contributed by atoms with E-state index < -0.39 is 0 Å². The van der Waals surface area contributed by atoms with Gasteiger partial charge in [0.15, 0.2) is 11.0 Å². The molecule has 1 unspecified atom stereocenters. The first kappa shape index (κ1) is 24.0. The van der Waals surface area contributed by atoms with Crippen molar-refractivity contribution in [2.75, 3.05) is 19.6 Å². The second-order valence-corrected chi connectivity index (χ2v) is 10.3. The van der Waals surface area contributed by atoms with E-state index in [1.54, 1.807) is 12.1 Å². The summed E-state index contributed by atoms with van der Waals surface area (Å²) in [5.41, 5.74) is 2.27. The van der Waals surface area contributed by atoms with Crippen molar-refractivity contribution in [2.24, 2.45) is 0 Å². The molecule has 1 aromatic heterocycles. The van der Waals surface area contributed by atoms with Gasteiger partial charge in [0.2, 0.25) is 5.91 Å². The molecule has 1 aromatic carbocycles. The number of benzene rings is 1. The fourth-order valence-electron chi connectivity index (χ4n) is 4.48. The standard InChI is InChI=1S/C25H34FN5OS/c1-19(24(32)27-15-14-20-8-4-2-5-9-20)33-25-29-28-23(18-30-16-6-3-7-17-30)31(25)22-12-10-21(26)11-13-22/h8,10-13,19H,2-7,9,14-18H2,1H3,(H,27,32). The molecule has 1 fully saturated rings. The number of hydrogen-bond acceptors (Lipinski definition) is 5. The van der Waals surface area contributed by atoms with E-state index in [-0.39, 0.29) is 17.0 Å². The second-order valence-electron chi connectivity index (χ2n) is 8.96. The molecule has 0 spiro atoms. The number of rotatable bonds is 9. The minimum absolute atomic E-state index is 0.00245. The van der Waals surface area contributed by atoms with Crippen LogP contribution >= 0.6 is 11.8 Å². The average molecular weight is 472 g/mol. The van der Waals surface area contributed by atoms with Crippen molar-refractivity contribution >= 4 is 17.7 Å². The molecular formula is C25H34FN5OS. The number of thioether (sulfide) groups is 1. The van der Waals surface area contributed by atoms with Gasteiger partial charge in [-0.05, 0) is 89.2 Å². The van der Waals surface area contributed by atoms with Crippen LogP contribution in [0.1, 0.15) is 64.1 Å². The van der Waals surface area contributed by atoms with Gasteiger partial charge in [0.1, 0.15) is 5.82 Å². The number of allylic oxidation sites excluding steroid dienone is 1. The molecule has 178 valence electrons. The molecule has 0 bridgehead atoms. The number of aromatic nitrogens is 3. The van der Waals surface area contributed by atoms with E-state index in [4.69, 9.17) is 0 Å². The Morgan fingerprint density at radius 3 is 2.64 bits per heavy atom. The summed E-state index contributed by atoms with van der Waals surface area (Å²) >= 11 is 1.40. The van der Waals surface area contributed by atoms with Crippen LogP contribution in [0.15, 0.2) is 41.1 Å². The minimum atomic E-state index is -0.309. The highest BCUT2D eigenvalue weighted by Gasteiger charge is 2.23. The summed E-state index contributed by atoms with van der Waals surface area (Å²) in [7, 11) is 0. The Bertz CT molecular complexity index is 952. The van der Waals surface area contributed by atoms with Crippen molar-refractivity contribution in [3.8, 4) is 5.69 Å². The lowest BCUT2D eigenvalue weighted by atomic mass is 9.97. The summed E-state index contributed by atoms with van der Waals surface area (Å²) < 4.78 is 15.5. The first-order chi connectivity index (χ1) is 16.1. The summed E-state index contributed by atoms with van der Waals surface area (Å²) in [6, 6.07) is 6.38. The molecule has 1 saturated heterocycles. The molecule has 1 aliphatic heterocycles. The number of carbonyl (C=O) groups excluding carboxylic acids is 1. The van der Waals surface area contributed by atoms with Crippen LogP contribution in [0.2, 0.25) is 0 Å². The summed E-state index contributed by atoms with van der Waals surface area (Å²) in [6.07, 6.45) is 11.8. The Kier molecular flexibility index (Phi) is 8.56. The molecule has 1 atom stereocenters. The Morgan fingerprint density at radius 2 is 1.91 bits per heavy atom. The van der Waals surface area contributed by atoms with E-state index in [1.165, 1.54) is 61.6 Å². The average Bonchev–Trinajstić information content (AvgIpc) is 3.22. The predicted octanol–water partition coefficient (Wildman–Crippen LogP) is 4.88. The van der Waals surface area contributed by atoms with Gasteiger partial charge >= 0.3 is 0 Å². The molecule has 6 nitrogen and oxygen atoms in total. The predicted molar refractivity (Wildman–Crippen MR) is 130 cm³/mol. The van der Waals surface area contributed by atoms with Crippen LogP contribution in [0.3, 0.4) is 0 Å². The van der Waals surface area contributed by atoms with Crippen LogP contribution in [0.25, 0.3) is 5.69 Å². The SMILES string of the molecule is CC(Sc1nnc(CN2CCCCC2)n1-c1ccc(F)cc1)C(=O)NCCC1=CCCCC1. The largest absolute Gasteiger partial charge is 0.355 e. The van der Waals surface area contributed by atoms with Crippen molar-refractivity contribution in [3.05, 3.63) is 47.6 Å². The van der Waals surface area contributed by atoms with Crippen LogP contribution in [0, 0.1) is 5.82 Å². The normalized spacial score (nSPS) is 18.1. The molecule has 1 N–H and O–H groups in total. The van der Waals surface area contributed by atoms with E-state index in [2.05, 4.69) is 26.5 Å². The Morgan fingerprint density at radius 1 is 1.12 bits per heavy atom. The van der Waals surface area contributed by atoms with Crippen molar-refractivity contribution in [1.29, 1.82) is 0 Å². The number of carbonyl (C=O) groups is 1. The van der Waals surface area contributed by atoms with Crippen molar-refractivity contribution in [2.45, 2.75) is 75.2 Å². The molecule has 0 radical (unpaired) electrons. The molecule has 8 heteroatoms. The van der Waals surface area contributed by atoms with Crippen LogP contribution in [0.5, 0.6) is 0 Å². The highest BCUT2D eigenvalue weighted by Crippen LogP contribution is 2.27. The maximum Gasteiger partial charge on any atom is 0.233 e. The molecule has 33 heavy (non-hydrogen) atoms. The van der Waals surface area contributed by atoms with Crippen molar-refractivity contribution in [3.63, 3.8) is 0 Å². The first-order valence-corrected chi connectivity index (χ1v) is 13.0. The number of piperidine rings is 1. The smallest absolute Gasteiger partial charge is 0.233 e. The number of halogens is 1. The zero-order chi connectivity index (χ0) is 23.0. The monoisotopic (exact) mass is 471 g/mol. The van der Waals surface area contributed by atoms with Gasteiger partial charge in [0.05, 0.1) is 11.8 Å². The number of likely N-dealkylation sites (tertiary alicyclic amines) is 1. The van der Waals surface area contributed by atoms with Gasteiger partial charge in [-0.2, -0.15) is 0 Å². The second kappa shape index (κ2) is 11.8. The third-order valence-electron chi connectivity index (χ3n) is 6.38. The minimum Gasteiger partial charge on any atom is -0.355 e. The van der Waals surface area contributed by atoms with E-state index in [0.717, 1.165) is 43.9 Å². The third kappa shape index (κ3) is 6.67. The summed E-state index contributed by atoms with van der Waals surface area (Å²) in [4.78, 5) is 15.1. The zero-order valence-corrected chi connectivity index (χ0v) is 20.2. The fraction of sp³-hybridized carbons (Fsp3) is 0.560. The lowest BCUT2D eigenvalue weighted by Gasteiger charge is -2.26. The molecule has 2 aliphatic rings. The lowest BCUT2D eigenvalue weighted by Crippen LogP contribution is -2.32. The third-order valence-corrected chi connectivity index (χ3v) is 7.42. The van der Waals surface area contributed by atoms with Crippen LogP contribution in [-0.2, 0) is 11.3 Å². The van der Waals surface area contributed by atoms with Crippen LogP contribution < -0.4 is 5.32 Å². The Balaban J connectivity index is 1.43. The molecule has 4 rings (SSSR count). The van der Waals surface area contributed by atoms with Gasteiger partial charge in [-0.25, -0.2) is 4.39 Å². The van der Waals surface area contributed by atoms with E-state index in [9.17, 15) is 9.18 Å². The van der Waals surface area contributed by atoms with Gasteiger partial charge < -0.3 is 5.32 Å². The van der Waals surface area contributed by atoms with Crippen molar-refractivity contribution in [1.82, 2.24) is 25.0 Å². The van der Waals surface area contributed by atoms with E-state index in [1.807, 2.05) is 11.5 Å². The van der Waals surface area contributed by atoms with Gasteiger partial charge in [-0.15, -0.1) is 10.2 Å². The highest BCUT2D eigenvalue weighted by molar-refractivity contribution is 8.00. The van der Waals surface area contributed by atoms with Gasteiger partial charge in [-0.3, -0.25) is 14.3 Å². The lowest BCUT2D eigenvalue weighted by molar-refractivity contribution is -0.120. The number of nitrogens with one attached hydrogen (secondary N) is 1. The first-order valence-electron chi connectivity index (χ1n) is 12.1. The Labute approximate surface area is 200 Å². The quantitative estimate of drug-likeness (QED) is 0.417. The number of amides is 1. The molecular weight excluding hydrogens is 437 g/mol. The topological polar surface area (TPSA) is 63.1 Å². The zero-order valence-electron chi connectivity index (χ0n) is 19.4. The highest BCUT2D eigenvalue weighted by atomic mass is 32.2. The number of nitrogens with zero attached hydrogens (tertiary/aromatic N) is 4. The van der Waals surface area contributed by atoms with Gasteiger partial charge in [0, 0.05) is 12.2 Å². The molecule has 2 aromatic rings. The molecule has 1 amide bonds. The summed E-state index contributed by atoms with van der Waals surface area (Å²) in [5, 5.41) is 12.3. The van der Waals surface area contributed by atoms with Gasteiger partial charge in [-0.1, -0.05) is 29.8 Å². The maximum atomic E-state index is 13.6. The van der Waals surface area contributed by atoms with Crippen LogP contribution in [-0.4, -0.2) is 50.5 Å². The molecule has 1 aliphatic carbocycles. The summed E-state index contributed by atoms with van der Waals surface area (Å²) in [6.45, 7) is 5.36. The Hall–Kier alpha value is -2.19. The summed E-state index contributed by atoms with van der Waals surface area (Å²) in [5.74, 6) is 0.546. The van der Waals surface area contributed by atoms with Crippen molar-refractivity contribution < 1.29 is 9.18 Å². The maximum absolute atomic E-state index is 13.6. The molecule has 2 heterocycles.